The number of nitrogens with one attached hydrogen (secondary N) is 1. The van der Waals surface area contributed by atoms with E-state index in [2.05, 4.69) is 5.32 Å². The number of carboxylic acid groups (broad SMARTS) is 1. The summed E-state index contributed by atoms with van der Waals surface area (Å²) in [6.07, 6.45) is -1.20. The third-order valence-corrected chi connectivity index (χ3v) is 3.21. The Balaban J connectivity index is 3.39. The molecule has 1 rings (SSSR count). The third kappa shape index (κ3) is 7.17. The summed E-state index contributed by atoms with van der Waals surface area (Å²) >= 11 is 0. The minimum Gasteiger partial charge on any atom is -0.490 e. The lowest BCUT2D eigenvalue weighted by molar-refractivity contribution is -0.139. The van der Waals surface area contributed by atoms with Crippen LogP contribution in [0.25, 0.3) is 0 Å². The van der Waals surface area contributed by atoms with Crippen molar-refractivity contribution in [2.45, 2.75) is 72.3 Å². The van der Waals surface area contributed by atoms with Crippen LogP contribution in [0.1, 0.15) is 60.1 Å². The zero-order valence-corrected chi connectivity index (χ0v) is 17.8. The number of amides is 1. The second-order valence-electron chi connectivity index (χ2n) is 7.80. The van der Waals surface area contributed by atoms with Crippen LogP contribution in [-0.4, -0.2) is 42.1 Å². The van der Waals surface area contributed by atoms with Crippen LogP contribution in [0, 0.1) is 0 Å². The highest BCUT2D eigenvalue weighted by Gasteiger charge is 2.28. The van der Waals surface area contributed by atoms with E-state index in [9.17, 15) is 14.7 Å². The van der Waals surface area contributed by atoms with Crippen molar-refractivity contribution in [1.29, 1.82) is 0 Å². The molecule has 0 aliphatic heterocycles. The average molecular weight is 397 g/mol. The number of rotatable bonds is 8. The summed E-state index contributed by atoms with van der Waals surface area (Å²) in [6.45, 7) is 12.4. The van der Waals surface area contributed by atoms with E-state index in [4.69, 9.17) is 18.9 Å². The van der Waals surface area contributed by atoms with Crippen LogP contribution in [0.15, 0.2) is 12.1 Å². The largest absolute Gasteiger partial charge is 0.490 e. The van der Waals surface area contributed by atoms with Crippen molar-refractivity contribution in [2.24, 2.45) is 0 Å². The quantitative estimate of drug-likeness (QED) is 0.685. The predicted molar refractivity (Wildman–Crippen MR) is 104 cm³/mol. The first-order valence-electron chi connectivity index (χ1n) is 9.11. The lowest BCUT2D eigenvalue weighted by Crippen LogP contribution is -2.38. The second kappa shape index (κ2) is 9.52. The van der Waals surface area contributed by atoms with Gasteiger partial charge in [0.25, 0.3) is 0 Å². The summed E-state index contributed by atoms with van der Waals surface area (Å²) < 4.78 is 22.1. The molecule has 0 heterocycles. The van der Waals surface area contributed by atoms with Crippen molar-refractivity contribution < 1.29 is 33.6 Å². The highest BCUT2D eigenvalue weighted by molar-refractivity contribution is 5.82. The fraction of sp³-hybridized carbons (Fsp3) is 0.600. The zero-order valence-electron chi connectivity index (χ0n) is 17.8. The highest BCUT2D eigenvalue weighted by atomic mass is 16.6. The Morgan fingerprint density at radius 3 is 1.79 bits per heavy atom. The average Bonchev–Trinajstić information content (AvgIpc) is 2.49. The molecule has 0 aromatic heterocycles. The molecule has 1 amide bonds. The maximum Gasteiger partial charge on any atom is 0.408 e. The number of carboxylic acids is 1. The van der Waals surface area contributed by atoms with Gasteiger partial charge in [-0.3, -0.25) is 0 Å². The molecule has 8 nitrogen and oxygen atoms in total. The van der Waals surface area contributed by atoms with Crippen LogP contribution in [0.5, 0.6) is 17.2 Å². The van der Waals surface area contributed by atoms with Crippen molar-refractivity contribution in [3.8, 4) is 17.2 Å². The van der Waals surface area contributed by atoms with Gasteiger partial charge < -0.3 is 29.4 Å². The van der Waals surface area contributed by atoms with Crippen molar-refractivity contribution in [2.75, 3.05) is 7.11 Å². The van der Waals surface area contributed by atoms with E-state index in [0.717, 1.165) is 0 Å². The lowest BCUT2D eigenvalue weighted by atomic mass is 10.1. The van der Waals surface area contributed by atoms with Gasteiger partial charge in [-0.1, -0.05) is 0 Å². The Hall–Kier alpha value is -2.64. The molecular formula is C20H31NO7. The topological polar surface area (TPSA) is 103 Å². The molecule has 0 radical (unpaired) electrons. The van der Waals surface area contributed by atoms with Gasteiger partial charge >= 0.3 is 12.1 Å². The molecule has 28 heavy (non-hydrogen) atoms. The number of hydrogen-bond donors (Lipinski definition) is 2. The van der Waals surface area contributed by atoms with E-state index in [0.29, 0.717) is 17.2 Å². The number of carbonyl (C=O) groups excluding carboxylic acids is 1. The first-order valence-corrected chi connectivity index (χ1v) is 9.11. The Bertz CT molecular complexity index is 661. The Kier molecular flexibility index (Phi) is 7.96. The smallest absolute Gasteiger partial charge is 0.408 e. The van der Waals surface area contributed by atoms with E-state index in [1.807, 2.05) is 27.7 Å². The van der Waals surface area contributed by atoms with Gasteiger partial charge in [0, 0.05) is 0 Å². The lowest BCUT2D eigenvalue weighted by Gasteiger charge is -2.24. The Morgan fingerprint density at radius 1 is 1.00 bits per heavy atom. The number of benzene rings is 1. The monoisotopic (exact) mass is 397 g/mol. The molecular weight excluding hydrogens is 366 g/mol. The Morgan fingerprint density at radius 2 is 1.46 bits per heavy atom. The molecule has 1 aromatic carbocycles. The van der Waals surface area contributed by atoms with Crippen LogP contribution < -0.4 is 19.5 Å². The van der Waals surface area contributed by atoms with Crippen molar-refractivity contribution in [1.82, 2.24) is 5.32 Å². The molecule has 1 aromatic rings. The maximum absolute atomic E-state index is 12.1. The van der Waals surface area contributed by atoms with E-state index < -0.39 is 23.7 Å². The van der Waals surface area contributed by atoms with Gasteiger partial charge in [0.15, 0.2) is 17.5 Å². The summed E-state index contributed by atoms with van der Waals surface area (Å²) in [4.78, 5) is 24.0. The van der Waals surface area contributed by atoms with Gasteiger partial charge in [-0.2, -0.15) is 0 Å². The van der Waals surface area contributed by atoms with Gasteiger partial charge in [-0.05, 0) is 66.2 Å². The van der Waals surface area contributed by atoms with Crippen LogP contribution in [-0.2, 0) is 9.53 Å². The number of ether oxygens (including phenoxy) is 4. The van der Waals surface area contributed by atoms with Crippen molar-refractivity contribution >= 4 is 12.1 Å². The SMILES string of the molecule is COc1c(OC(C)C)cc([C@H](NC(=O)OC(C)(C)C)C(=O)O)cc1OC(C)C. The Labute approximate surface area is 166 Å². The first kappa shape index (κ1) is 23.4. The van der Waals surface area contributed by atoms with E-state index >= 15 is 0 Å². The van der Waals surface area contributed by atoms with Crippen molar-refractivity contribution in [3.63, 3.8) is 0 Å². The summed E-state index contributed by atoms with van der Waals surface area (Å²) in [5.74, 6) is -0.250. The molecule has 0 saturated carbocycles. The normalized spacial score (nSPS) is 12.5. The fourth-order valence-electron chi connectivity index (χ4n) is 2.36. The number of aliphatic carboxylic acids is 1. The van der Waals surface area contributed by atoms with Crippen LogP contribution in [0.4, 0.5) is 4.79 Å². The van der Waals surface area contributed by atoms with Gasteiger partial charge in [-0.25, -0.2) is 9.59 Å². The molecule has 0 aliphatic rings. The second-order valence-corrected chi connectivity index (χ2v) is 7.80. The molecule has 0 bridgehead atoms. The van der Waals surface area contributed by atoms with Crippen LogP contribution in [0.3, 0.4) is 0 Å². The molecule has 0 spiro atoms. The van der Waals surface area contributed by atoms with E-state index in [1.54, 1.807) is 20.8 Å². The fourth-order valence-corrected chi connectivity index (χ4v) is 2.36. The molecule has 8 heteroatoms. The molecule has 0 aliphatic carbocycles. The zero-order chi connectivity index (χ0) is 21.6. The van der Waals surface area contributed by atoms with Crippen LogP contribution in [0.2, 0.25) is 0 Å². The van der Waals surface area contributed by atoms with Gasteiger partial charge in [-0.15, -0.1) is 0 Å². The van der Waals surface area contributed by atoms with E-state index in [-0.39, 0.29) is 17.8 Å². The standard InChI is InChI=1S/C20H31NO7/c1-11(2)26-14-9-13(10-15(17(14)25-8)27-12(3)4)16(18(22)23)21-19(24)28-20(5,6)7/h9-12,16H,1-8H3,(H,21,24)(H,22,23)/t16-/m0/s1. The van der Waals surface area contributed by atoms with Gasteiger partial charge in [0.1, 0.15) is 5.60 Å². The maximum atomic E-state index is 12.1. The molecule has 1 atom stereocenters. The van der Waals surface area contributed by atoms with Crippen molar-refractivity contribution in [3.05, 3.63) is 17.7 Å². The first-order chi connectivity index (χ1) is 12.8. The third-order valence-electron chi connectivity index (χ3n) is 3.21. The summed E-state index contributed by atoms with van der Waals surface area (Å²) in [5.41, 5.74) is -0.490. The number of carbonyl (C=O) groups is 2. The molecule has 158 valence electrons. The number of hydrogen-bond acceptors (Lipinski definition) is 6. The molecule has 0 fully saturated rings. The molecule has 0 unspecified atom stereocenters. The minimum atomic E-state index is -1.36. The summed E-state index contributed by atoms with van der Waals surface area (Å²) in [5, 5.41) is 12.0. The summed E-state index contributed by atoms with van der Waals surface area (Å²) in [6, 6.07) is 1.68. The van der Waals surface area contributed by atoms with Gasteiger partial charge in [0.2, 0.25) is 5.75 Å². The minimum absolute atomic E-state index is 0.182. The summed E-state index contributed by atoms with van der Waals surface area (Å²) in [7, 11) is 1.48. The molecule has 0 saturated heterocycles. The predicted octanol–water partition coefficient (Wildman–Crippen LogP) is 3.92. The molecule has 2 N–H and O–H groups in total. The highest BCUT2D eigenvalue weighted by Crippen LogP contribution is 2.41. The van der Waals surface area contributed by atoms with Gasteiger partial charge in [0.05, 0.1) is 19.3 Å². The van der Waals surface area contributed by atoms with E-state index in [1.165, 1.54) is 19.2 Å². The van der Waals surface area contributed by atoms with Crippen LogP contribution >= 0.6 is 0 Å². The number of methoxy groups -OCH3 is 1. The number of alkyl carbamates (subject to hydrolysis) is 1.